The quantitative estimate of drug-likeness (QED) is 0.477. The van der Waals surface area contributed by atoms with Gasteiger partial charge in [0.25, 0.3) is 6.29 Å². The molecule has 1 N–H and O–H groups in total. The fourth-order valence-electron chi connectivity index (χ4n) is 2.58. The fourth-order valence-corrected chi connectivity index (χ4v) is 2.58. The van der Waals surface area contributed by atoms with E-state index in [1.165, 1.54) is 20.5 Å². The van der Waals surface area contributed by atoms with E-state index in [-0.39, 0.29) is 11.8 Å². The van der Waals surface area contributed by atoms with Crippen LogP contribution in [0.5, 0.6) is 0 Å². The number of fused-ring (bicyclic) bond motifs is 1. The molecule has 0 aromatic carbocycles. The van der Waals surface area contributed by atoms with Crippen LogP contribution in [0, 0.1) is 11.8 Å². The van der Waals surface area contributed by atoms with Gasteiger partial charge in [-0.3, -0.25) is 4.84 Å². The van der Waals surface area contributed by atoms with Gasteiger partial charge in [-0.25, -0.2) is 9.59 Å². The van der Waals surface area contributed by atoms with Gasteiger partial charge >= 0.3 is 12.1 Å². The van der Waals surface area contributed by atoms with E-state index in [1.807, 2.05) is 13.0 Å². The lowest BCUT2D eigenvalue weighted by atomic mass is 9.84. The number of nitrogens with one attached hydrogen (secondary N) is 1. The smallest absolute Gasteiger partial charge is 0.434 e. The number of ether oxygens (including phenoxy) is 3. The highest BCUT2D eigenvalue weighted by molar-refractivity contribution is 5.89. The molecule has 20 heavy (non-hydrogen) atoms. The van der Waals surface area contributed by atoms with E-state index in [2.05, 4.69) is 10.3 Å². The van der Waals surface area contributed by atoms with E-state index < -0.39 is 18.4 Å². The first-order chi connectivity index (χ1) is 9.58. The van der Waals surface area contributed by atoms with Gasteiger partial charge in [0.2, 0.25) is 0 Å². The zero-order valence-corrected chi connectivity index (χ0v) is 11.5. The van der Waals surface area contributed by atoms with Crippen molar-refractivity contribution >= 4 is 12.1 Å². The molecule has 0 fully saturated rings. The lowest BCUT2D eigenvalue weighted by molar-refractivity contribution is -0.142. The number of amides is 1. The van der Waals surface area contributed by atoms with Crippen LogP contribution >= 0.6 is 0 Å². The SMILES string of the molecule is CONC(=O)OC1OC=C(C(=O)OC)C2CC=C(C)C12. The van der Waals surface area contributed by atoms with Crippen LogP contribution in [-0.2, 0) is 23.8 Å². The highest BCUT2D eigenvalue weighted by atomic mass is 16.7. The summed E-state index contributed by atoms with van der Waals surface area (Å²) < 4.78 is 15.3. The zero-order chi connectivity index (χ0) is 14.7. The third-order valence-electron chi connectivity index (χ3n) is 3.50. The van der Waals surface area contributed by atoms with Crippen LogP contribution in [0.2, 0.25) is 0 Å². The molecule has 0 saturated heterocycles. The number of methoxy groups -OCH3 is 1. The van der Waals surface area contributed by atoms with E-state index in [1.54, 1.807) is 0 Å². The Balaban J connectivity index is 2.16. The molecule has 0 spiro atoms. The molecule has 3 unspecified atom stereocenters. The Morgan fingerprint density at radius 1 is 1.40 bits per heavy atom. The molecule has 0 bridgehead atoms. The van der Waals surface area contributed by atoms with Crippen molar-refractivity contribution in [3.63, 3.8) is 0 Å². The van der Waals surface area contributed by atoms with E-state index >= 15 is 0 Å². The first-order valence-electron chi connectivity index (χ1n) is 6.18. The molecule has 1 heterocycles. The Labute approximate surface area is 116 Å². The summed E-state index contributed by atoms with van der Waals surface area (Å²) in [6.07, 6.45) is 2.47. The van der Waals surface area contributed by atoms with E-state index in [0.29, 0.717) is 12.0 Å². The number of carbonyl (C=O) groups is 2. The van der Waals surface area contributed by atoms with Crippen molar-refractivity contribution in [2.24, 2.45) is 11.8 Å². The minimum absolute atomic E-state index is 0.100. The molecule has 0 aromatic heterocycles. The van der Waals surface area contributed by atoms with Crippen molar-refractivity contribution in [3.05, 3.63) is 23.5 Å². The summed E-state index contributed by atoms with van der Waals surface area (Å²) in [6, 6.07) is 0. The Bertz CT molecular complexity index is 469. The lowest BCUT2D eigenvalue weighted by Crippen LogP contribution is -2.40. The number of carbonyl (C=O) groups excluding carboxylic acids is 2. The van der Waals surface area contributed by atoms with Crippen LogP contribution in [0.15, 0.2) is 23.5 Å². The molecule has 7 heteroatoms. The maximum atomic E-state index is 11.7. The molecular formula is C13H17NO6. The molecule has 0 aromatic rings. The molecule has 2 aliphatic rings. The second-order valence-corrected chi connectivity index (χ2v) is 4.60. The summed E-state index contributed by atoms with van der Waals surface area (Å²) in [5.74, 6) is -0.726. The predicted octanol–water partition coefficient (Wildman–Crippen LogP) is 1.27. The normalized spacial score (nSPS) is 27.6. The van der Waals surface area contributed by atoms with Gasteiger partial charge in [0.05, 0.1) is 32.0 Å². The van der Waals surface area contributed by atoms with Gasteiger partial charge in [-0.2, -0.15) is 5.48 Å². The summed E-state index contributed by atoms with van der Waals surface area (Å²) in [5, 5.41) is 0. The van der Waals surface area contributed by atoms with Gasteiger partial charge in [0.1, 0.15) is 0 Å². The van der Waals surface area contributed by atoms with Crippen LogP contribution in [0.25, 0.3) is 0 Å². The first kappa shape index (κ1) is 14.4. The number of rotatable bonds is 3. The van der Waals surface area contributed by atoms with Crippen molar-refractivity contribution in [2.75, 3.05) is 14.2 Å². The number of allylic oxidation sites excluding steroid dienone is 1. The van der Waals surface area contributed by atoms with Crippen LogP contribution < -0.4 is 5.48 Å². The average molecular weight is 283 g/mol. The molecule has 1 aliphatic heterocycles. The molecular weight excluding hydrogens is 266 g/mol. The zero-order valence-electron chi connectivity index (χ0n) is 11.5. The monoisotopic (exact) mass is 283 g/mol. The number of esters is 1. The molecule has 110 valence electrons. The largest absolute Gasteiger partial charge is 0.466 e. The van der Waals surface area contributed by atoms with Crippen LogP contribution in [-0.4, -0.2) is 32.6 Å². The second-order valence-electron chi connectivity index (χ2n) is 4.60. The number of hydrogen-bond donors (Lipinski definition) is 1. The van der Waals surface area contributed by atoms with Gasteiger partial charge < -0.3 is 14.2 Å². The Kier molecular flexibility index (Phi) is 4.29. The topological polar surface area (TPSA) is 83.1 Å². The van der Waals surface area contributed by atoms with Gasteiger partial charge in [-0.1, -0.05) is 11.6 Å². The van der Waals surface area contributed by atoms with Gasteiger partial charge in [-0.05, 0) is 13.3 Å². The maximum absolute atomic E-state index is 11.7. The molecule has 2 rings (SSSR count). The van der Waals surface area contributed by atoms with Gasteiger partial charge in [-0.15, -0.1) is 0 Å². The second kappa shape index (κ2) is 5.96. The van der Waals surface area contributed by atoms with Crippen molar-refractivity contribution < 1.29 is 28.6 Å². The van der Waals surface area contributed by atoms with Gasteiger partial charge in [0, 0.05) is 5.92 Å². The summed E-state index contributed by atoms with van der Waals surface area (Å²) in [7, 11) is 2.63. The summed E-state index contributed by atoms with van der Waals surface area (Å²) in [5.41, 5.74) is 3.53. The predicted molar refractivity (Wildman–Crippen MR) is 67.0 cm³/mol. The van der Waals surface area contributed by atoms with Crippen molar-refractivity contribution in [1.82, 2.24) is 5.48 Å². The van der Waals surface area contributed by atoms with E-state index in [4.69, 9.17) is 14.2 Å². The fraction of sp³-hybridized carbons (Fsp3) is 0.538. The highest BCUT2D eigenvalue weighted by Crippen LogP contribution is 2.43. The van der Waals surface area contributed by atoms with Crippen molar-refractivity contribution in [3.8, 4) is 0 Å². The van der Waals surface area contributed by atoms with E-state index in [0.717, 1.165) is 5.57 Å². The van der Waals surface area contributed by atoms with Crippen LogP contribution in [0.3, 0.4) is 0 Å². The maximum Gasteiger partial charge on any atom is 0.434 e. The minimum atomic E-state index is -0.790. The standard InChI is InChI=1S/C13H17NO6/c1-7-4-5-8-9(11(15)17-2)6-19-12(10(7)8)20-13(16)14-18-3/h4,6,8,10,12H,5H2,1-3H3,(H,14,16). The number of hydroxylamine groups is 1. The molecule has 0 radical (unpaired) electrons. The summed E-state index contributed by atoms with van der Waals surface area (Å²) >= 11 is 0. The molecule has 3 atom stereocenters. The van der Waals surface area contributed by atoms with Crippen molar-refractivity contribution in [2.45, 2.75) is 19.6 Å². The Hall–Kier alpha value is -2.02. The molecule has 1 amide bonds. The average Bonchev–Trinajstić information content (AvgIpc) is 2.81. The Morgan fingerprint density at radius 2 is 2.15 bits per heavy atom. The van der Waals surface area contributed by atoms with Crippen molar-refractivity contribution in [1.29, 1.82) is 0 Å². The van der Waals surface area contributed by atoms with Gasteiger partial charge in [0.15, 0.2) is 0 Å². The molecule has 7 nitrogen and oxygen atoms in total. The Morgan fingerprint density at radius 3 is 2.80 bits per heavy atom. The summed E-state index contributed by atoms with van der Waals surface area (Å²) in [4.78, 5) is 27.6. The van der Waals surface area contributed by atoms with Crippen LogP contribution in [0.4, 0.5) is 4.79 Å². The summed E-state index contributed by atoms with van der Waals surface area (Å²) in [6.45, 7) is 1.92. The molecule has 1 aliphatic carbocycles. The van der Waals surface area contributed by atoms with Crippen LogP contribution in [0.1, 0.15) is 13.3 Å². The van der Waals surface area contributed by atoms with E-state index in [9.17, 15) is 9.59 Å². The lowest BCUT2D eigenvalue weighted by Gasteiger charge is -2.33. The third kappa shape index (κ3) is 2.62. The molecule has 0 saturated carbocycles. The minimum Gasteiger partial charge on any atom is -0.466 e. The highest BCUT2D eigenvalue weighted by Gasteiger charge is 2.44. The third-order valence-corrected chi connectivity index (χ3v) is 3.50. The number of hydrogen-bond acceptors (Lipinski definition) is 6. The first-order valence-corrected chi connectivity index (χ1v) is 6.18.